The topological polar surface area (TPSA) is 54.5 Å². The molecule has 0 unspecified atom stereocenters. The largest absolute Gasteiger partial charge is 0.384 e. The molecular weight excluding hydrogens is 417 g/mol. The third-order valence-corrected chi connectivity index (χ3v) is 7.08. The molecule has 1 amide bonds. The third-order valence-electron chi connectivity index (χ3n) is 5.88. The number of halogens is 2. The van der Waals surface area contributed by atoms with Crippen molar-refractivity contribution >= 4 is 52.3 Å². The fraction of sp³-hybridized carbons (Fsp3) is 0.600. The lowest BCUT2D eigenvalue weighted by atomic mass is 9.77. The summed E-state index contributed by atoms with van der Waals surface area (Å²) in [6, 6.07) is 8.33. The molecule has 2 aromatic rings. The van der Waals surface area contributed by atoms with E-state index in [1.807, 2.05) is 6.07 Å². The van der Waals surface area contributed by atoms with Crippen LogP contribution in [-0.4, -0.2) is 55.7 Å². The Bertz CT molecular complexity index is 733. The van der Waals surface area contributed by atoms with Crippen LogP contribution in [0.15, 0.2) is 24.3 Å². The number of para-hydroxylation sites is 1. The van der Waals surface area contributed by atoms with E-state index in [0.29, 0.717) is 18.4 Å². The van der Waals surface area contributed by atoms with E-state index in [1.54, 1.807) is 18.4 Å². The Morgan fingerprint density at radius 3 is 2.57 bits per heavy atom. The smallest absolute Gasteiger partial charge is 0.231 e. The minimum absolute atomic E-state index is 0. The molecule has 28 heavy (non-hydrogen) atoms. The van der Waals surface area contributed by atoms with Gasteiger partial charge >= 0.3 is 0 Å². The van der Waals surface area contributed by atoms with Gasteiger partial charge in [0, 0.05) is 26.1 Å². The van der Waals surface area contributed by atoms with Crippen molar-refractivity contribution in [3.63, 3.8) is 0 Å². The van der Waals surface area contributed by atoms with Crippen molar-refractivity contribution in [1.29, 1.82) is 0 Å². The van der Waals surface area contributed by atoms with Crippen LogP contribution in [0.5, 0.6) is 0 Å². The maximum absolute atomic E-state index is 13.3. The summed E-state index contributed by atoms with van der Waals surface area (Å²) in [4.78, 5) is 20.2. The summed E-state index contributed by atoms with van der Waals surface area (Å²) in [5, 5.41) is 4.59. The van der Waals surface area contributed by atoms with Crippen molar-refractivity contribution in [3.8, 4) is 0 Å². The maximum Gasteiger partial charge on any atom is 0.231 e. The van der Waals surface area contributed by atoms with Gasteiger partial charge in [0.15, 0.2) is 0 Å². The number of hydrogen-bond donors (Lipinski definition) is 1. The predicted molar refractivity (Wildman–Crippen MR) is 119 cm³/mol. The van der Waals surface area contributed by atoms with Crippen LogP contribution >= 0.6 is 36.2 Å². The van der Waals surface area contributed by atoms with Crippen LogP contribution in [0.3, 0.4) is 0 Å². The van der Waals surface area contributed by atoms with Gasteiger partial charge < -0.3 is 15.0 Å². The second-order valence-corrected chi connectivity index (χ2v) is 8.61. The Morgan fingerprint density at radius 1 is 1.25 bits per heavy atom. The lowest BCUT2D eigenvalue weighted by molar-refractivity contribution is -0.148. The molecule has 0 radical (unpaired) electrons. The average Bonchev–Trinajstić information content (AvgIpc) is 3.13. The fourth-order valence-corrected chi connectivity index (χ4v) is 5.47. The molecule has 0 bridgehead atoms. The van der Waals surface area contributed by atoms with Gasteiger partial charge in [-0.25, -0.2) is 4.98 Å². The zero-order valence-corrected chi connectivity index (χ0v) is 18.6. The quantitative estimate of drug-likeness (QED) is 0.775. The summed E-state index contributed by atoms with van der Waals surface area (Å²) in [6.45, 7) is 4.00. The molecule has 4 rings (SSSR count). The number of piperidine rings is 2. The summed E-state index contributed by atoms with van der Waals surface area (Å²) in [7, 11) is 1.70. The zero-order valence-electron chi connectivity index (χ0n) is 16.2. The Hall–Kier alpha value is -0.920. The molecule has 0 aliphatic carbocycles. The highest BCUT2D eigenvalue weighted by Gasteiger charge is 2.43. The van der Waals surface area contributed by atoms with Crippen LogP contribution in [0.1, 0.15) is 36.6 Å². The molecule has 1 aromatic heterocycles. The minimum atomic E-state index is -0.331. The van der Waals surface area contributed by atoms with E-state index >= 15 is 0 Å². The Morgan fingerprint density at radius 2 is 1.93 bits per heavy atom. The molecular formula is C20H29Cl2N3O2S. The van der Waals surface area contributed by atoms with Crippen LogP contribution in [0.25, 0.3) is 10.2 Å². The van der Waals surface area contributed by atoms with Gasteiger partial charge in [0.2, 0.25) is 5.91 Å². The monoisotopic (exact) mass is 445 g/mol. The number of hydrogen-bond acceptors (Lipinski definition) is 5. The first kappa shape index (κ1) is 23.4. The van der Waals surface area contributed by atoms with Crippen molar-refractivity contribution in [2.24, 2.45) is 5.41 Å². The number of rotatable bonds is 4. The molecule has 1 N–H and O–H groups in total. The van der Waals surface area contributed by atoms with Crippen molar-refractivity contribution < 1.29 is 9.53 Å². The van der Waals surface area contributed by atoms with E-state index in [4.69, 9.17) is 9.72 Å². The molecule has 0 saturated carbocycles. The molecule has 2 aliphatic rings. The van der Waals surface area contributed by atoms with E-state index in [-0.39, 0.29) is 30.2 Å². The first-order chi connectivity index (χ1) is 12.7. The molecule has 1 aromatic carbocycles. The summed E-state index contributed by atoms with van der Waals surface area (Å²) in [5.74, 6) is 0.770. The molecule has 2 aliphatic heterocycles. The number of thiazole rings is 1. The number of ether oxygens (including phenoxy) is 1. The number of amides is 1. The minimum Gasteiger partial charge on any atom is -0.384 e. The van der Waals surface area contributed by atoms with Crippen LogP contribution in [-0.2, 0) is 9.53 Å². The fourth-order valence-electron chi connectivity index (χ4n) is 4.33. The second kappa shape index (κ2) is 10.2. The van der Waals surface area contributed by atoms with Gasteiger partial charge in [-0.3, -0.25) is 4.79 Å². The lowest BCUT2D eigenvalue weighted by Gasteiger charge is -2.41. The van der Waals surface area contributed by atoms with E-state index < -0.39 is 0 Å². The molecule has 0 spiro atoms. The first-order valence-corrected chi connectivity index (χ1v) is 10.4. The number of carbonyl (C=O) groups is 1. The number of carbonyl (C=O) groups excluding carboxylic acids is 1. The highest BCUT2D eigenvalue weighted by Crippen LogP contribution is 2.37. The first-order valence-electron chi connectivity index (χ1n) is 9.56. The number of fused-ring (bicyclic) bond motifs is 1. The Kier molecular flexibility index (Phi) is 8.52. The van der Waals surface area contributed by atoms with E-state index in [2.05, 4.69) is 28.4 Å². The highest BCUT2D eigenvalue weighted by atomic mass is 35.5. The van der Waals surface area contributed by atoms with E-state index in [9.17, 15) is 4.79 Å². The predicted octanol–water partition coefficient (Wildman–Crippen LogP) is 3.86. The van der Waals surface area contributed by atoms with Crippen LogP contribution in [0.2, 0.25) is 0 Å². The second-order valence-electron chi connectivity index (χ2n) is 7.55. The maximum atomic E-state index is 13.3. The van der Waals surface area contributed by atoms with Crippen molar-refractivity contribution in [2.45, 2.75) is 31.6 Å². The number of nitrogens with one attached hydrogen (secondary N) is 1. The van der Waals surface area contributed by atoms with E-state index in [1.165, 1.54) is 9.71 Å². The van der Waals surface area contributed by atoms with Crippen molar-refractivity contribution in [3.05, 3.63) is 29.3 Å². The van der Waals surface area contributed by atoms with Crippen LogP contribution in [0.4, 0.5) is 0 Å². The molecule has 2 fully saturated rings. The lowest BCUT2D eigenvalue weighted by Crippen LogP contribution is -2.53. The molecule has 5 nitrogen and oxygen atoms in total. The van der Waals surface area contributed by atoms with Gasteiger partial charge in [0.05, 0.1) is 27.2 Å². The number of likely N-dealkylation sites (tertiary alicyclic amines) is 1. The molecule has 2 saturated heterocycles. The average molecular weight is 446 g/mol. The third kappa shape index (κ3) is 4.62. The molecule has 0 atom stereocenters. The molecule has 8 heteroatoms. The SMILES string of the molecule is COCC1(C(=O)N2CCC(c3nc4ccccc4s3)CC2)CCNCC1.Cl.Cl. The van der Waals surface area contributed by atoms with Crippen molar-refractivity contribution in [1.82, 2.24) is 15.2 Å². The number of nitrogens with zero attached hydrogens (tertiary/aromatic N) is 2. The van der Waals surface area contributed by atoms with Gasteiger partial charge in [-0.2, -0.15) is 0 Å². The van der Waals surface area contributed by atoms with Gasteiger partial charge in [-0.1, -0.05) is 12.1 Å². The Balaban J connectivity index is 0.00000140. The summed E-state index contributed by atoms with van der Waals surface area (Å²) >= 11 is 1.81. The zero-order chi connectivity index (χ0) is 18.0. The highest BCUT2D eigenvalue weighted by molar-refractivity contribution is 7.18. The van der Waals surface area contributed by atoms with Gasteiger partial charge in [0.25, 0.3) is 0 Å². The summed E-state index contributed by atoms with van der Waals surface area (Å²) in [5.41, 5.74) is 0.766. The van der Waals surface area contributed by atoms with Crippen LogP contribution in [0, 0.1) is 5.41 Å². The standard InChI is InChI=1S/C20H27N3O2S.2ClH/c1-25-14-20(8-10-21-11-9-20)19(24)23-12-6-15(7-13-23)18-22-16-4-2-3-5-17(16)26-18;;/h2-5,15,21H,6-14H2,1H3;2*1H. The van der Waals surface area contributed by atoms with Crippen LogP contribution < -0.4 is 5.32 Å². The summed E-state index contributed by atoms with van der Waals surface area (Å²) in [6.07, 6.45) is 3.76. The Labute approximate surface area is 183 Å². The van der Waals surface area contributed by atoms with Crippen molar-refractivity contribution in [2.75, 3.05) is 39.9 Å². The van der Waals surface area contributed by atoms with Gasteiger partial charge in [-0.15, -0.1) is 36.2 Å². The number of aromatic nitrogens is 1. The number of benzene rings is 1. The normalized spacial score (nSPS) is 19.7. The number of methoxy groups -OCH3 is 1. The van der Waals surface area contributed by atoms with E-state index in [0.717, 1.165) is 57.4 Å². The molecule has 156 valence electrons. The van der Waals surface area contributed by atoms with Gasteiger partial charge in [-0.05, 0) is 50.9 Å². The molecule has 3 heterocycles. The summed E-state index contributed by atoms with van der Waals surface area (Å²) < 4.78 is 6.70. The van der Waals surface area contributed by atoms with Gasteiger partial charge in [0.1, 0.15) is 0 Å².